The van der Waals surface area contributed by atoms with E-state index in [1.807, 2.05) is 24.3 Å². The first-order chi connectivity index (χ1) is 9.74. The Kier molecular flexibility index (Phi) is 3.87. The average molecular weight is 334 g/mol. The standard InChI is InChI=1S/C15H16BrN3O/c16-11-3-4-12-13(5-6-17-14(12)9-11)18-7-8-19-15(20)10-1-2-10/h3-6,9-10H,1-2,7-8H2,(H,17,18)(H,19,20). The van der Waals surface area contributed by atoms with Crippen LogP contribution >= 0.6 is 15.9 Å². The number of fused-ring (bicyclic) bond motifs is 1. The van der Waals surface area contributed by atoms with Crippen molar-refractivity contribution in [2.45, 2.75) is 12.8 Å². The Balaban J connectivity index is 1.60. The summed E-state index contributed by atoms with van der Waals surface area (Å²) in [7, 11) is 0. The lowest BCUT2D eigenvalue weighted by Crippen LogP contribution is -2.29. The summed E-state index contributed by atoms with van der Waals surface area (Å²) in [5, 5.41) is 7.39. The summed E-state index contributed by atoms with van der Waals surface area (Å²) in [5.41, 5.74) is 1.99. The summed E-state index contributed by atoms with van der Waals surface area (Å²) in [4.78, 5) is 15.9. The van der Waals surface area contributed by atoms with Crippen molar-refractivity contribution < 1.29 is 4.79 Å². The molecule has 20 heavy (non-hydrogen) atoms. The molecule has 3 rings (SSSR count). The highest BCUT2D eigenvalue weighted by Gasteiger charge is 2.28. The third-order valence-corrected chi connectivity index (χ3v) is 3.89. The highest BCUT2D eigenvalue weighted by molar-refractivity contribution is 9.10. The zero-order chi connectivity index (χ0) is 13.9. The van der Waals surface area contributed by atoms with E-state index in [0.29, 0.717) is 13.1 Å². The number of nitrogens with zero attached hydrogens (tertiary/aromatic N) is 1. The first-order valence-corrected chi connectivity index (χ1v) is 7.59. The van der Waals surface area contributed by atoms with Gasteiger partial charge in [-0.1, -0.05) is 15.9 Å². The van der Waals surface area contributed by atoms with Crippen LogP contribution in [0.1, 0.15) is 12.8 Å². The van der Waals surface area contributed by atoms with Crippen LogP contribution in [-0.2, 0) is 4.79 Å². The van der Waals surface area contributed by atoms with Gasteiger partial charge in [0, 0.05) is 40.8 Å². The molecule has 0 atom stereocenters. The number of carbonyl (C=O) groups excluding carboxylic acids is 1. The summed E-state index contributed by atoms with van der Waals surface area (Å²) in [6, 6.07) is 8.00. The predicted octanol–water partition coefficient (Wildman–Crippen LogP) is 2.94. The number of rotatable bonds is 5. The number of aromatic nitrogens is 1. The Morgan fingerprint density at radius 3 is 2.95 bits per heavy atom. The number of carbonyl (C=O) groups is 1. The van der Waals surface area contributed by atoms with Crippen LogP contribution in [0.25, 0.3) is 10.9 Å². The lowest BCUT2D eigenvalue weighted by molar-refractivity contribution is -0.122. The maximum atomic E-state index is 11.5. The number of hydrogen-bond acceptors (Lipinski definition) is 3. The quantitative estimate of drug-likeness (QED) is 0.827. The molecular formula is C15H16BrN3O. The second-order valence-electron chi connectivity index (χ2n) is 5.01. The van der Waals surface area contributed by atoms with Crippen LogP contribution in [0.15, 0.2) is 34.9 Å². The van der Waals surface area contributed by atoms with Crippen molar-refractivity contribution in [1.82, 2.24) is 10.3 Å². The number of benzene rings is 1. The van der Waals surface area contributed by atoms with Crippen molar-refractivity contribution in [2.24, 2.45) is 5.92 Å². The fraction of sp³-hybridized carbons (Fsp3) is 0.333. The second kappa shape index (κ2) is 5.79. The molecule has 2 aromatic rings. The van der Waals surface area contributed by atoms with Crippen molar-refractivity contribution in [3.63, 3.8) is 0 Å². The van der Waals surface area contributed by atoms with Gasteiger partial charge in [-0.25, -0.2) is 0 Å². The van der Waals surface area contributed by atoms with Crippen LogP contribution < -0.4 is 10.6 Å². The topological polar surface area (TPSA) is 54.0 Å². The lowest BCUT2D eigenvalue weighted by atomic mass is 10.2. The number of nitrogens with one attached hydrogen (secondary N) is 2. The first-order valence-electron chi connectivity index (χ1n) is 6.80. The lowest BCUT2D eigenvalue weighted by Gasteiger charge is -2.10. The van der Waals surface area contributed by atoms with Crippen molar-refractivity contribution in [1.29, 1.82) is 0 Å². The second-order valence-corrected chi connectivity index (χ2v) is 5.93. The van der Waals surface area contributed by atoms with E-state index in [1.165, 1.54) is 0 Å². The Morgan fingerprint density at radius 2 is 2.15 bits per heavy atom. The van der Waals surface area contributed by atoms with Gasteiger partial charge in [0.2, 0.25) is 5.91 Å². The van der Waals surface area contributed by atoms with Crippen LogP contribution in [0.2, 0.25) is 0 Å². The third-order valence-electron chi connectivity index (χ3n) is 3.39. The molecule has 0 saturated heterocycles. The molecule has 2 N–H and O–H groups in total. The molecule has 1 aliphatic carbocycles. The average Bonchev–Trinajstić information content (AvgIpc) is 3.27. The van der Waals surface area contributed by atoms with E-state index in [4.69, 9.17) is 0 Å². The summed E-state index contributed by atoms with van der Waals surface area (Å²) >= 11 is 3.45. The predicted molar refractivity (Wildman–Crippen MR) is 83.7 cm³/mol. The monoisotopic (exact) mass is 333 g/mol. The molecular weight excluding hydrogens is 318 g/mol. The third kappa shape index (κ3) is 3.10. The zero-order valence-electron chi connectivity index (χ0n) is 11.0. The molecule has 1 aromatic carbocycles. The zero-order valence-corrected chi connectivity index (χ0v) is 12.6. The van der Waals surface area contributed by atoms with Gasteiger partial charge >= 0.3 is 0 Å². The highest BCUT2D eigenvalue weighted by Crippen LogP contribution is 2.28. The van der Waals surface area contributed by atoms with Gasteiger partial charge in [-0.3, -0.25) is 9.78 Å². The highest BCUT2D eigenvalue weighted by atomic mass is 79.9. The van der Waals surface area contributed by atoms with E-state index in [2.05, 4.69) is 31.5 Å². The number of amides is 1. The molecule has 0 unspecified atom stereocenters. The maximum absolute atomic E-state index is 11.5. The Hall–Kier alpha value is -1.62. The van der Waals surface area contributed by atoms with Gasteiger partial charge in [0.15, 0.2) is 0 Å². The minimum Gasteiger partial charge on any atom is -0.383 e. The molecule has 0 bridgehead atoms. The Morgan fingerprint density at radius 1 is 1.30 bits per heavy atom. The number of anilines is 1. The van der Waals surface area contributed by atoms with Crippen LogP contribution in [0.4, 0.5) is 5.69 Å². The Bertz CT molecular complexity index is 640. The molecule has 0 spiro atoms. The Labute approximate surface area is 126 Å². The molecule has 1 heterocycles. The molecule has 104 valence electrons. The fourth-order valence-electron chi connectivity index (χ4n) is 2.15. The molecule has 1 saturated carbocycles. The van der Waals surface area contributed by atoms with Crippen LogP contribution in [0, 0.1) is 5.92 Å². The minimum absolute atomic E-state index is 0.190. The van der Waals surface area contributed by atoms with E-state index in [1.54, 1.807) is 6.20 Å². The molecule has 1 amide bonds. The minimum atomic E-state index is 0.190. The van der Waals surface area contributed by atoms with E-state index in [-0.39, 0.29) is 11.8 Å². The van der Waals surface area contributed by atoms with Crippen molar-refractivity contribution in [3.8, 4) is 0 Å². The molecule has 1 fully saturated rings. The smallest absolute Gasteiger partial charge is 0.223 e. The van der Waals surface area contributed by atoms with Gasteiger partial charge in [0.25, 0.3) is 0 Å². The van der Waals surface area contributed by atoms with E-state index in [9.17, 15) is 4.79 Å². The van der Waals surface area contributed by atoms with Crippen LogP contribution in [0.3, 0.4) is 0 Å². The van der Waals surface area contributed by atoms with Gasteiger partial charge in [0.05, 0.1) is 5.52 Å². The number of hydrogen-bond donors (Lipinski definition) is 2. The van der Waals surface area contributed by atoms with E-state index in [0.717, 1.165) is 33.9 Å². The van der Waals surface area contributed by atoms with Crippen molar-refractivity contribution in [3.05, 3.63) is 34.9 Å². The van der Waals surface area contributed by atoms with Gasteiger partial charge in [0.1, 0.15) is 0 Å². The van der Waals surface area contributed by atoms with Crippen LogP contribution in [0.5, 0.6) is 0 Å². The van der Waals surface area contributed by atoms with Crippen molar-refractivity contribution >= 4 is 38.4 Å². The van der Waals surface area contributed by atoms with Crippen LogP contribution in [-0.4, -0.2) is 24.0 Å². The number of pyridine rings is 1. The number of halogens is 1. The maximum Gasteiger partial charge on any atom is 0.223 e. The molecule has 0 aliphatic heterocycles. The largest absolute Gasteiger partial charge is 0.383 e. The molecule has 5 heteroatoms. The molecule has 0 radical (unpaired) electrons. The summed E-state index contributed by atoms with van der Waals surface area (Å²) in [6.07, 6.45) is 3.88. The summed E-state index contributed by atoms with van der Waals surface area (Å²) < 4.78 is 1.02. The van der Waals surface area contributed by atoms with E-state index < -0.39 is 0 Å². The molecule has 1 aromatic heterocycles. The van der Waals surface area contributed by atoms with E-state index >= 15 is 0 Å². The summed E-state index contributed by atoms with van der Waals surface area (Å²) in [6.45, 7) is 1.36. The van der Waals surface area contributed by atoms with Gasteiger partial charge in [-0.2, -0.15) is 0 Å². The first kappa shape index (κ1) is 13.4. The normalized spacial score (nSPS) is 14.2. The van der Waals surface area contributed by atoms with Gasteiger partial charge < -0.3 is 10.6 Å². The molecule has 4 nitrogen and oxygen atoms in total. The van der Waals surface area contributed by atoms with Gasteiger partial charge in [-0.05, 0) is 37.1 Å². The molecule has 1 aliphatic rings. The van der Waals surface area contributed by atoms with Gasteiger partial charge in [-0.15, -0.1) is 0 Å². The summed E-state index contributed by atoms with van der Waals surface area (Å²) in [5.74, 6) is 0.462. The SMILES string of the molecule is O=C(NCCNc1ccnc2cc(Br)ccc12)C1CC1. The van der Waals surface area contributed by atoms with Crippen molar-refractivity contribution in [2.75, 3.05) is 18.4 Å². The fourth-order valence-corrected chi connectivity index (χ4v) is 2.50.